The van der Waals surface area contributed by atoms with Gasteiger partial charge < -0.3 is 5.11 Å². The Labute approximate surface area is 118 Å². The molecule has 19 heavy (non-hydrogen) atoms. The Balaban J connectivity index is 2.17. The van der Waals surface area contributed by atoms with Crippen molar-refractivity contribution < 1.29 is 9.90 Å². The average molecular weight is 298 g/mol. The summed E-state index contributed by atoms with van der Waals surface area (Å²) in [6.45, 7) is 3.74. The van der Waals surface area contributed by atoms with Gasteiger partial charge in [-0.15, -0.1) is 23.1 Å². The molecule has 0 bridgehead atoms. The van der Waals surface area contributed by atoms with E-state index < -0.39 is 11.2 Å². The number of thioether (sulfide) groups is 1. The van der Waals surface area contributed by atoms with Crippen LogP contribution in [0.3, 0.4) is 0 Å². The zero-order valence-corrected chi connectivity index (χ0v) is 12.2. The van der Waals surface area contributed by atoms with E-state index in [1.165, 1.54) is 33.6 Å². The first-order valence-electron chi connectivity index (χ1n) is 5.79. The molecular formula is C12H14N2O3S2. The molecule has 7 heteroatoms. The second-order valence-corrected chi connectivity index (χ2v) is 6.46. The topological polar surface area (TPSA) is 71.7 Å². The highest BCUT2D eigenvalue weighted by Gasteiger charge is 2.22. The monoisotopic (exact) mass is 298 g/mol. The van der Waals surface area contributed by atoms with E-state index in [0.29, 0.717) is 16.4 Å². The van der Waals surface area contributed by atoms with Crippen molar-refractivity contribution in [3.63, 3.8) is 0 Å². The van der Waals surface area contributed by atoms with Crippen molar-refractivity contribution >= 4 is 34.0 Å². The van der Waals surface area contributed by atoms with Crippen LogP contribution in [0.2, 0.25) is 0 Å². The molecule has 0 saturated heterocycles. The predicted molar refractivity (Wildman–Crippen MR) is 76.9 cm³/mol. The Morgan fingerprint density at radius 3 is 2.95 bits per heavy atom. The average Bonchev–Trinajstić information content (AvgIpc) is 2.76. The van der Waals surface area contributed by atoms with Crippen LogP contribution in [0.15, 0.2) is 22.4 Å². The Morgan fingerprint density at radius 1 is 1.58 bits per heavy atom. The molecule has 0 fully saturated rings. The van der Waals surface area contributed by atoms with Crippen molar-refractivity contribution in [3.8, 4) is 0 Å². The van der Waals surface area contributed by atoms with E-state index in [4.69, 9.17) is 5.11 Å². The summed E-state index contributed by atoms with van der Waals surface area (Å²) in [4.78, 5) is 27.9. The summed E-state index contributed by atoms with van der Waals surface area (Å²) >= 11 is 2.69. The van der Waals surface area contributed by atoms with E-state index in [2.05, 4.69) is 4.98 Å². The summed E-state index contributed by atoms with van der Waals surface area (Å²) in [6.07, 6.45) is 1.68. The first kappa shape index (κ1) is 14.1. The molecule has 2 heterocycles. The molecule has 0 aromatic carbocycles. The van der Waals surface area contributed by atoms with Gasteiger partial charge in [0.05, 0.1) is 5.69 Å². The van der Waals surface area contributed by atoms with Crippen LogP contribution in [0, 0.1) is 5.92 Å². The number of carboxylic acids is 1. The van der Waals surface area contributed by atoms with Crippen LogP contribution in [0.4, 0.5) is 0 Å². The molecule has 0 aliphatic carbocycles. The Bertz CT molecular complexity index is 648. The van der Waals surface area contributed by atoms with Gasteiger partial charge in [-0.3, -0.25) is 14.0 Å². The van der Waals surface area contributed by atoms with Crippen LogP contribution in [0.5, 0.6) is 0 Å². The highest BCUT2D eigenvalue weighted by molar-refractivity contribution is 7.99. The van der Waals surface area contributed by atoms with Gasteiger partial charge in [0.15, 0.2) is 4.96 Å². The van der Waals surface area contributed by atoms with Gasteiger partial charge in [0.2, 0.25) is 0 Å². The predicted octanol–water partition coefficient (Wildman–Crippen LogP) is 2.10. The third kappa shape index (κ3) is 3.16. The van der Waals surface area contributed by atoms with E-state index in [0.717, 1.165) is 0 Å². The summed E-state index contributed by atoms with van der Waals surface area (Å²) in [5, 5.41) is 10.4. The van der Waals surface area contributed by atoms with Crippen molar-refractivity contribution in [2.45, 2.75) is 24.9 Å². The van der Waals surface area contributed by atoms with E-state index in [1.54, 1.807) is 11.6 Å². The van der Waals surface area contributed by atoms with Gasteiger partial charge in [0, 0.05) is 23.4 Å². The minimum atomic E-state index is -0.825. The van der Waals surface area contributed by atoms with Crippen LogP contribution in [0.25, 0.3) is 4.96 Å². The fourth-order valence-electron chi connectivity index (χ4n) is 1.69. The Hall–Kier alpha value is -1.34. The van der Waals surface area contributed by atoms with Gasteiger partial charge in [0.25, 0.3) is 5.56 Å². The van der Waals surface area contributed by atoms with Crippen molar-refractivity contribution in [1.29, 1.82) is 0 Å². The number of nitrogens with zero attached hydrogens (tertiary/aromatic N) is 2. The molecule has 0 radical (unpaired) electrons. The molecule has 2 aromatic rings. The maximum atomic E-state index is 11.8. The van der Waals surface area contributed by atoms with Crippen molar-refractivity contribution in [2.24, 2.45) is 5.92 Å². The molecule has 2 rings (SSSR count). The lowest BCUT2D eigenvalue weighted by Crippen LogP contribution is -2.23. The number of rotatable bonds is 5. The van der Waals surface area contributed by atoms with Crippen molar-refractivity contribution in [1.82, 2.24) is 9.38 Å². The molecule has 0 saturated carbocycles. The number of carbonyl (C=O) groups is 1. The number of fused-ring (bicyclic) bond motifs is 1. The lowest BCUT2D eigenvalue weighted by Gasteiger charge is -2.15. The quantitative estimate of drug-likeness (QED) is 0.915. The van der Waals surface area contributed by atoms with Gasteiger partial charge in [-0.1, -0.05) is 13.8 Å². The molecule has 102 valence electrons. The molecule has 0 aliphatic heterocycles. The van der Waals surface area contributed by atoms with E-state index in [-0.39, 0.29) is 11.5 Å². The second kappa shape index (κ2) is 5.75. The number of thiazole rings is 1. The number of aromatic nitrogens is 2. The minimum absolute atomic E-state index is 0.0362. The fraction of sp³-hybridized carbons (Fsp3) is 0.417. The van der Waals surface area contributed by atoms with E-state index in [1.807, 2.05) is 13.8 Å². The lowest BCUT2D eigenvalue weighted by atomic mass is 10.1. The number of carboxylic acid groups (broad SMARTS) is 1. The molecular weight excluding hydrogens is 284 g/mol. The fourth-order valence-corrected chi connectivity index (χ4v) is 3.45. The van der Waals surface area contributed by atoms with Gasteiger partial charge in [-0.2, -0.15) is 0 Å². The Kier molecular flexibility index (Phi) is 4.26. The van der Waals surface area contributed by atoms with Gasteiger partial charge >= 0.3 is 5.97 Å². The van der Waals surface area contributed by atoms with Crippen LogP contribution in [-0.4, -0.2) is 25.7 Å². The zero-order valence-electron chi connectivity index (χ0n) is 10.6. The molecule has 0 aliphatic rings. The van der Waals surface area contributed by atoms with Crippen LogP contribution < -0.4 is 5.56 Å². The van der Waals surface area contributed by atoms with Gasteiger partial charge in [-0.05, 0) is 5.92 Å². The van der Waals surface area contributed by atoms with Crippen LogP contribution in [0.1, 0.15) is 19.5 Å². The highest BCUT2D eigenvalue weighted by atomic mass is 32.2. The van der Waals surface area contributed by atoms with Crippen LogP contribution >= 0.6 is 23.1 Å². The highest BCUT2D eigenvalue weighted by Crippen LogP contribution is 2.23. The van der Waals surface area contributed by atoms with Crippen molar-refractivity contribution in [2.75, 3.05) is 0 Å². The summed E-state index contributed by atoms with van der Waals surface area (Å²) in [7, 11) is 0. The number of hydrogen-bond donors (Lipinski definition) is 1. The lowest BCUT2D eigenvalue weighted by molar-refractivity contribution is -0.137. The smallest absolute Gasteiger partial charge is 0.316 e. The molecule has 0 amide bonds. The molecule has 1 atom stereocenters. The summed E-state index contributed by atoms with van der Waals surface area (Å²) in [6, 6.07) is 1.46. The summed E-state index contributed by atoms with van der Waals surface area (Å²) in [5.41, 5.74) is 0.502. The number of hydrogen-bond acceptors (Lipinski definition) is 5. The van der Waals surface area contributed by atoms with E-state index in [9.17, 15) is 9.59 Å². The van der Waals surface area contributed by atoms with E-state index >= 15 is 0 Å². The third-order valence-corrected chi connectivity index (χ3v) is 4.94. The standard InChI is InChI=1S/C12H14N2O3S2/c1-7(2)10(11(16)17)19-6-8-5-9(15)14-3-4-18-12(14)13-8/h3-5,7,10H,6H2,1-2H3,(H,16,17). The molecule has 2 aromatic heterocycles. The first-order valence-corrected chi connectivity index (χ1v) is 7.72. The number of aliphatic carboxylic acids is 1. The van der Waals surface area contributed by atoms with Crippen LogP contribution in [-0.2, 0) is 10.5 Å². The summed E-state index contributed by atoms with van der Waals surface area (Å²) in [5.74, 6) is -0.360. The normalized spacial score (nSPS) is 13.0. The SMILES string of the molecule is CC(C)C(SCc1cc(=O)n2ccsc2n1)C(=O)O. The molecule has 1 unspecified atom stereocenters. The maximum Gasteiger partial charge on any atom is 0.316 e. The van der Waals surface area contributed by atoms with Gasteiger partial charge in [-0.25, -0.2) is 4.98 Å². The minimum Gasteiger partial charge on any atom is -0.480 e. The molecule has 1 N–H and O–H groups in total. The molecule has 5 nitrogen and oxygen atoms in total. The maximum absolute atomic E-state index is 11.8. The second-order valence-electron chi connectivity index (χ2n) is 4.46. The summed E-state index contributed by atoms with van der Waals surface area (Å²) < 4.78 is 1.48. The zero-order chi connectivity index (χ0) is 14.0. The largest absolute Gasteiger partial charge is 0.480 e. The molecule has 0 spiro atoms. The van der Waals surface area contributed by atoms with Gasteiger partial charge in [0.1, 0.15) is 5.25 Å². The third-order valence-electron chi connectivity index (χ3n) is 2.62. The Morgan fingerprint density at radius 2 is 2.32 bits per heavy atom. The van der Waals surface area contributed by atoms with Crippen molar-refractivity contribution in [3.05, 3.63) is 33.7 Å². The first-order chi connectivity index (χ1) is 8.99.